The van der Waals surface area contributed by atoms with Gasteiger partial charge in [-0.25, -0.2) is 4.98 Å². The first-order valence-corrected chi connectivity index (χ1v) is 12.1. The van der Waals surface area contributed by atoms with E-state index in [1.165, 1.54) is 11.3 Å². The molecule has 0 aliphatic rings. The summed E-state index contributed by atoms with van der Waals surface area (Å²) < 4.78 is 0. The molecule has 0 aliphatic heterocycles. The van der Waals surface area contributed by atoms with Gasteiger partial charge in [0.15, 0.2) is 5.13 Å². The molecule has 1 atom stereocenters. The van der Waals surface area contributed by atoms with Crippen LogP contribution in [0.25, 0.3) is 0 Å². The van der Waals surface area contributed by atoms with Gasteiger partial charge in [0.05, 0.1) is 18.2 Å². The van der Waals surface area contributed by atoms with Crippen molar-refractivity contribution in [1.29, 1.82) is 0 Å². The molecule has 2 aromatic carbocycles. The Hall–Kier alpha value is -2.78. The molecule has 3 aromatic rings. The van der Waals surface area contributed by atoms with Gasteiger partial charge in [0.25, 0.3) is 0 Å². The van der Waals surface area contributed by atoms with Gasteiger partial charge in [0, 0.05) is 30.8 Å². The Morgan fingerprint density at radius 3 is 2.52 bits per heavy atom. The van der Waals surface area contributed by atoms with Crippen LogP contribution >= 0.6 is 11.3 Å². The highest BCUT2D eigenvalue weighted by atomic mass is 32.1. The molecule has 3 rings (SSSR count). The van der Waals surface area contributed by atoms with Crippen LogP contribution in [0.4, 0.5) is 10.8 Å². The summed E-state index contributed by atoms with van der Waals surface area (Å²) in [6.45, 7) is 2.34. The van der Waals surface area contributed by atoms with E-state index in [0.717, 1.165) is 49.2 Å². The van der Waals surface area contributed by atoms with Crippen LogP contribution in [0.1, 0.15) is 35.8 Å². The number of nitrogens with two attached hydrogens (primary N) is 1. The van der Waals surface area contributed by atoms with Crippen LogP contribution in [0.2, 0.25) is 0 Å². The molecule has 0 aliphatic carbocycles. The van der Waals surface area contributed by atoms with Gasteiger partial charge < -0.3 is 26.2 Å². The zero-order chi connectivity index (χ0) is 23.5. The lowest BCUT2D eigenvalue weighted by molar-refractivity contribution is -0.115. The number of rotatable bonds is 13. The van der Waals surface area contributed by atoms with E-state index in [2.05, 4.69) is 15.2 Å². The number of aromatic nitrogens is 1. The van der Waals surface area contributed by atoms with E-state index in [0.29, 0.717) is 17.4 Å². The van der Waals surface area contributed by atoms with E-state index in [9.17, 15) is 9.90 Å². The number of carbonyl (C=O) groups is 1. The van der Waals surface area contributed by atoms with Gasteiger partial charge in [-0.3, -0.25) is 4.79 Å². The van der Waals surface area contributed by atoms with Crippen molar-refractivity contribution in [2.45, 2.75) is 31.8 Å². The highest BCUT2D eigenvalue weighted by Crippen LogP contribution is 2.16. The van der Waals surface area contributed by atoms with E-state index in [-0.39, 0.29) is 18.9 Å². The number of nitrogen functional groups attached to an aromatic ring is 1. The van der Waals surface area contributed by atoms with Crippen LogP contribution < -0.4 is 11.1 Å². The summed E-state index contributed by atoms with van der Waals surface area (Å²) in [5.41, 5.74) is 9.09. The molecule has 8 heteroatoms. The second kappa shape index (κ2) is 13.1. The largest absolute Gasteiger partial charge is 0.396 e. The number of benzene rings is 2. The maximum Gasteiger partial charge on any atom is 0.230 e. The molecule has 176 valence electrons. The Kier molecular flexibility index (Phi) is 9.83. The Labute approximate surface area is 198 Å². The number of nitrogens with one attached hydrogen (secondary N) is 1. The van der Waals surface area contributed by atoms with Crippen molar-refractivity contribution in [1.82, 2.24) is 9.88 Å². The Bertz CT molecular complexity index is 979. The van der Waals surface area contributed by atoms with Crippen LogP contribution in [0.15, 0.2) is 60.0 Å². The molecule has 1 heterocycles. The van der Waals surface area contributed by atoms with Crippen LogP contribution in [0, 0.1) is 0 Å². The minimum Gasteiger partial charge on any atom is -0.396 e. The van der Waals surface area contributed by atoms with Gasteiger partial charge in [-0.2, -0.15) is 0 Å². The lowest BCUT2D eigenvalue weighted by Gasteiger charge is -2.25. The monoisotopic (exact) mass is 468 g/mol. The smallest absolute Gasteiger partial charge is 0.230 e. The van der Waals surface area contributed by atoms with E-state index >= 15 is 0 Å². The predicted octanol–water partition coefficient (Wildman–Crippen LogP) is 3.26. The highest BCUT2D eigenvalue weighted by Gasteiger charge is 2.14. The lowest BCUT2D eigenvalue weighted by atomic mass is 10.1. The Morgan fingerprint density at radius 2 is 1.85 bits per heavy atom. The summed E-state index contributed by atoms with van der Waals surface area (Å²) in [7, 11) is 0. The van der Waals surface area contributed by atoms with Gasteiger partial charge in [0.2, 0.25) is 5.91 Å². The molecule has 0 radical (unpaired) electrons. The second-order valence-corrected chi connectivity index (χ2v) is 8.90. The first-order valence-electron chi connectivity index (χ1n) is 11.2. The molecule has 0 unspecified atom stereocenters. The number of aliphatic hydroxyl groups excluding tert-OH is 2. The number of aliphatic hydroxyl groups is 2. The third kappa shape index (κ3) is 8.58. The van der Waals surface area contributed by atoms with Gasteiger partial charge in [-0.15, -0.1) is 11.3 Å². The van der Waals surface area contributed by atoms with Gasteiger partial charge in [-0.1, -0.05) is 42.5 Å². The number of carbonyl (C=O) groups excluding carboxylic acids is 1. The summed E-state index contributed by atoms with van der Waals surface area (Å²) in [5, 5.41) is 24.9. The van der Waals surface area contributed by atoms with Crippen LogP contribution in [-0.4, -0.2) is 52.2 Å². The molecule has 1 amide bonds. The summed E-state index contributed by atoms with van der Waals surface area (Å²) in [4.78, 5) is 18.6. The van der Waals surface area contributed by atoms with E-state index in [1.54, 1.807) is 5.38 Å². The number of amides is 1. The summed E-state index contributed by atoms with van der Waals surface area (Å²) >= 11 is 1.33. The molecule has 1 aromatic heterocycles. The molecule has 0 bridgehead atoms. The molecule has 0 saturated carbocycles. The first-order chi connectivity index (χ1) is 16.0. The normalized spacial score (nSPS) is 12.1. The molecule has 33 heavy (non-hydrogen) atoms. The first kappa shape index (κ1) is 24.9. The van der Waals surface area contributed by atoms with Gasteiger partial charge >= 0.3 is 0 Å². The zero-order valence-electron chi connectivity index (χ0n) is 18.7. The van der Waals surface area contributed by atoms with Gasteiger partial charge in [-0.05, 0) is 49.1 Å². The standard InChI is InChI=1S/C25H32N4O3S/c26-25-28-22(18-33-25)16-24(32)27-21-10-8-19(9-11-21)12-14-29(13-4-5-15-30)17-23(31)20-6-2-1-3-7-20/h1-3,6-11,18,23,30-31H,4-5,12-17H2,(H2,26,28)(H,27,32)/t23-/m0/s1. The van der Waals surface area contributed by atoms with Crippen molar-refractivity contribution in [2.75, 3.05) is 37.3 Å². The third-order valence-electron chi connectivity index (χ3n) is 5.36. The minimum absolute atomic E-state index is 0.127. The minimum atomic E-state index is -0.550. The fourth-order valence-electron chi connectivity index (χ4n) is 3.58. The van der Waals surface area contributed by atoms with Crippen molar-refractivity contribution in [3.8, 4) is 0 Å². The van der Waals surface area contributed by atoms with Crippen LogP contribution in [0.3, 0.4) is 0 Å². The van der Waals surface area contributed by atoms with Crippen LogP contribution in [0.5, 0.6) is 0 Å². The van der Waals surface area contributed by atoms with Crippen molar-refractivity contribution in [3.63, 3.8) is 0 Å². The number of thiazole rings is 1. The number of hydrogen-bond acceptors (Lipinski definition) is 7. The molecule has 7 nitrogen and oxygen atoms in total. The molecule has 0 fully saturated rings. The highest BCUT2D eigenvalue weighted by molar-refractivity contribution is 7.13. The predicted molar refractivity (Wildman–Crippen MR) is 133 cm³/mol. The molecular formula is C25H32N4O3S. The number of unbranched alkanes of at least 4 members (excludes halogenated alkanes) is 1. The average Bonchev–Trinajstić information content (AvgIpc) is 3.23. The maximum absolute atomic E-state index is 12.2. The molecule has 0 spiro atoms. The van der Waals surface area contributed by atoms with Gasteiger partial charge in [0.1, 0.15) is 0 Å². The Morgan fingerprint density at radius 1 is 1.09 bits per heavy atom. The summed E-state index contributed by atoms with van der Waals surface area (Å²) in [5.74, 6) is -0.127. The van der Waals surface area contributed by atoms with Crippen molar-refractivity contribution in [3.05, 3.63) is 76.8 Å². The molecular weight excluding hydrogens is 436 g/mol. The fraction of sp³-hybridized carbons (Fsp3) is 0.360. The van der Waals surface area contributed by atoms with E-state index < -0.39 is 6.10 Å². The van der Waals surface area contributed by atoms with Crippen LogP contribution in [-0.2, 0) is 17.6 Å². The lowest BCUT2D eigenvalue weighted by Crippen LogP contribution is -2.32. The van der Waals surface area contributed by atoms with Crippen molar-refractivity contribution in [2.24, 2.45) is 0 Å². The third-order valence-corrected chi connectivity index (χ3v) is 6.09. The average molecular weight is 469 g/mol. The van der Waals surface area contributed by atoms with Crippen molar-refractivity contribution >= 4 is 28.1 Å². The topological polar surface area (TPSA) is 112 Å². The summed E-state index contributed by atoms with van der Waals surface area (Å²) in [6, 6.07) is 17.5. The number of nitrogens with zero attached hydrogens (tertiary/aromatic N) is 2. The van der Waals surface area contributed by atoms with E-state index in [1.807, 2.05) is 54.6 Å². The summed E-state index contributed by atoms with van der Waals surface area (Å²) in [6.07, 6.45) is 2.11. The van der Waals surface area contributed by atoms with Crippen molar-refractivity contribution < 1.29 is 15.0 Å². The fourth-order valence-corrected chi connectivity index (χ4v) is 4.15. The Balaban J connectivity index is 1.50. The zero-order valence-corrected chi connectivity index (χ0v) is 19.5. The van der Waals surface area contributed by atoms with E-state index in [4.69, 9.17) is 10.8 Å². The number of anilines is 2. The maximum atomic E-state index is 12.2. The quantitative estimate of drug-likeness (QED) is 0.287. The molecule has 5 N–H and O–H groups in total. The number of hydrogen-bond donors (Lipinski definition) is 4. The second-order valence-electron chi connectivity index (χ2n) is 8.01. The molecule has 0 saturated heterocycles. The SMILES string of the molecule is Nc1nc(CC(=O)Nc2ccc(CCN(CCCCO)C[C@H](O)c3ccccc3)cc2)cs1.